The van der Waals surface area contributed by atoms with Crippen LogP contribution in [0.4, 0.5) is 0 Å². The highest BCUT2D eigenvalue weighted by Crippen LogP contribution is 2.29. The van der Waals surface area contributed by atoms with Gasteiger partial charge in [-0.05, 0) is 19.8 Å². The molecule has 0 bridgehead atoms. The first kappa shape index (κ1) is 8.97. The van der Waals surface area contributed by atoms with Crippen molar-refractivity contribution in [1.29, 1.82) is 0 Å². The van der Waals surface area contributed by atoms with E-state index in [1.807, 2.05) is 6.92 Å². The van der Waals surface area contributed by atoms with Crippen molar-refractivity contribution in [3.8, 4) is 0 Å². The number of hydrogen-bond donors (Lipinski definition) is 2. The fourth-order valence-electron chi connectivity index (χ4n) is 1.98. The van der Waals surface area contributed by atoms with Crippen molar-refractivity contribution in [1.82, 2.24) is 10.2 Å². The van der Waals surface area contributed by atoms with E-state index < -0.39 is 0 Å². The van der Waals surface area contributed by atoms with Crippen LogP contribution in [0.5, 0.6) is 0 Å². The highest BCUT2D eigenvalue weighted by atomic mass is 16.3. The van der Waals surface area contributed by atoms with Crippen molar-refractivity contribution in [2.75, 3.05) is 13.2 Å². The van der Waals surface area contributed by atoms with E-state index in [4.69, 9.17) is 5.11 Å². The van der Waals surface area contributed by atoms with Crippen LogP contribution in [0.25, 0.3) is 0 Å². The van der Waals surface area contributed by atoms with E-state index >= 15 is 0 Å². The second-order valence-corrected chi connectivity index (χ2v) is 4.04. The number of nitrogens with zero attached hydrogens (tertiary/aromatic N) is 1. The molecule has 2 unspecified atom stereocenters. The number of nitrogens with one attached hydrogen (secondary N) is 1. The van der Waals surface area contributed by atoms with Crippen LogP contribution in [0.15, 0.2) is 0 Å². The molecule has 4 nitrogen and oxygen atoms in total. The summed E-state index contributed by atoms with van der Waals surface area (Å²) >= 11 is 0. The highest BCUT2D eigenvalue weighted by Gasteiger charge is 2.40. The number of rotatable bonds is 2. The third-order valence-electron chi connectivity index (χ3n) is 2.77. The van der Waals surface area contributed by atoms with Gasteiger partial charge in [-0.2, -0.15) is 0 Å². The van der Waals surface area contributed by atoms with Crippen LogP contribution >= 0.6 is 0 Å². The van der Waals surface area contributed by atoms with Gasteiger partial charge in [0.1, 0.15) is 6.04 Å². The summed E-state index contributed by atoms with van der Waals surface area (Å²) < 4.78 is 0. The summed E-state index contributed by atoms with van der Waals surface area (Å²) in [6, 6.07) is 0.463. The Labute approximate surface area is 77.9 Å². The molecule has 13 heavy (non-hydrogen) atoms. The molecule has 1 aliphatic carbocycles. The summed E-state index contributed by atoms with van der Waals surface area (Å²) in [5.74, 6) is -0.0202. The molecule has 1 aliphatic heterocycles. The van der Waals surface area contributed by atoms with Gasteiger partial charge in [0.2, 0.25) is 5.91 Å². The van der Waals surface area contributed by atoms with Gasteiger partial charge in [0.15, 0.2) is 0 Å². The monoisotopic (exact) mass is 184 g/mol. The molecule has 0 aromatic heterocycles. The Morgan fingerprint density at radius 3 is 2.85 bits per heavy atom. The molecule has 2 N–H and O–H groups in total. The first-order valence-electron chi connectivity index (χ1n) is 4.89. The van der Waals surface area contributed by atoms with Gasteiger partial charge in [0, 0.05) is 18.6 Å². The highest BCUT2D eigenvalue weighted by molar-refractivity contribution is 5.83. The number of aliphatic hydroxyl groups is 1. The Bertz CT molecular complexity index is 216. The van der Waals surface area contributed by atoms with Crippen LogP contribution in [0.1, 0.15) is 19.8 Å². The normalized spacial score (nSPS) is 36.0. The van der Waals surface area contributed by atoms with E-state index in [0.717, 1.165) is 6.54 Å². The molecule has 1 heterocycles. The minimum Gasteiger partial charge on any atom is -0.394 e. The third-order valence-corrected chi connectivity index (χ3v) is 2.77. The summed E-state index contributed by atoms with van der Waals surface area (Å²) in [4.78, 5) is 13.6. The quantitative estimate of drug-likeness (QED) is 0.598. The molecule has 1 saturated heterocycles. The molecule has 0 radical (unpaired) electrons. The number of carbonyl (C=O) groups is 1. The van der Waals surface area contributed by atoms with Crippen LogP contribution in [0, 0.1) is 0 Å². The van der Waals surface area contributed by atoms with Gasteiger partial charge in [-0.1, -0.05) is 0 Å². The zero-order chi connectivity index (χ0) is 9.42. The van der Waals surface area contributed by atoms with Crippen molar-refractivity contribution in [3.63, 3.8) is 0 Å². The third kappa shape index (κ3) is 1.69. The molecular formula is C9H16N2O2. The lowest BCUT2D eigenvalue weighted by atomic mass is 10.1. The lowest BCUT2D eigenvalue weighted by Gasteiger charge is -2.37. The van der Waals surface area contributed by atoms with Crippen LogP contribution < -0.4 is 5.32 Å². The molecule has 2 fully saturated rings. The van der Waals surface area contributed by atoms with Crippen molar-refractivity contribution in [3.05, 3.63) is 0 Å². The first-order chi connectivity index (χ1) is 6.22. The topological polar surface area (TPSA) is 52.6 Å². The molecule has 74 valence electrons. The molecule has 0 aromatic carbocycles. The summed E-state index contributed by atoms with van der Waals surface area (Å²) in [5, 5.41) is 11.9. The number of carbonyl (C=O) groups excluding carboxylic acids is 1. The average molecular weight is 184 g/mol. The van der Waals surface area contributed by atoms with Crippen LogP contribution in [-0.2, 0) is 4.79 Å². The fraction of sp³-hybridized carbons (Fsp3) is 0.889. The Hall–Kier alpha value is -0.610. The number of hydrogen-bond acceptors (Lipinski definition) is 3. The SMILES string of the molecule is CC1CN(C2CC2)C(CO)C(=O)N1. The van der Waals surface area contributed by atoms with Gasteiger partial charge in [0.25, 0.3) is 0 Å². The van der Waals surface area contributed by atoms with E-state index in [9.17, 15) is 4.79 Å². The molecule has 2 rings (SSSR count). The van der Waals surface area contributed by atoms with E-state index in [1.54, 1.807) is 0 Å². The van der Waals surface area contributed by atoms with Gasteiger partial charge < -0.3 is 10.4 Å². The second-order valence-electron chi connectivity index (χ2n) is 4.04. The molecular weight excluding hydrogens is 168 g/mol. The molecule has 1 amide bonds. The maximum atomic E-state index is 11.5. The van der Waals surface area contributed by atoms with Gasteiger partial charge in [-0.25, -0.2) is 0 Å². The molecule has 2 aliphatic rings. The van der Waals surface area contributed by atoms with E-state index in [1.165, 1.54) is 12.8 Å². The summed E-state index contributed by atoms with van der Waals surface area (Å²) in [6.45, 7) is 2.82. The Morgan fingerprint density at radius 1 is 1.62 bits per heavy atom. The molecule has 0 spiro atoms. The Kier molecular flexibility index (Phi) is 2.26. The van der Waals surface area contributed by atoms with Crippen LogP contribution in [0.2, 0.25) is 0 Å². The maximum Gasteiger partial charge on any atom is 0.240 e. The number of amides is 1. The van der Waals surface area contributed by atoms with Crippen molar-refractivity contribution in [2.45, 2.75) is 37.9 Å². The molecule has 2 atom stereocenters. The molecule has 1 saturated carbocycles. The van der Waals surface area contributed by atoms with E-state index in [2.05, 4.69) is 10.2 Å². The van der Waals surface area contributed by atoms with Gasteiger partial charge in [-0.3, -0.25) is 9.69 Å². The lowest BCUT2D eigenvalue weighted by Crippen LogP contribution is -2.61. The van der Waals surface area contributed by atoms with E-state index in [0.29, 0.717) is 6.04 Å². The average Bonchev–Trinajstić information content (AvgIpc) is 2.85. The second kappa shape index (κ2) is 3.27. The summed E-state index contributed by atoms with van der Waals surface area (Å²) in [5.41, 5.74) is 0. The minimum atomic E-state index is -0.302. The lowest BCUT2D eigenvalue weighted by molar-refractivity contribution is -0.132. The first-order valence-corrected chi connectivity index (χ1v) is 4.89. The van der Waals surface area contributed by atoms with Gasteiger partial charge >= 0.3 is 0 Å². The van der Waals surface area contributed by atoms with Crippen LogP contribution in [0.3, 0.4) is 0 Å². The van der Waals surface area contributed by atoms with E-state index in [-0.39, 0.29) is 24.6 Å². The zero-order valence-electron chi connectivity index (χ0n) is 7.86. The predicted molar refractivity (Wildman–Crippen MR) is 48.2 cm³/mol. The largest absolute Gasteiger partial charge is 0.394 e. The van der Waals surface area contributed by atoms with Crippen molar-refractivity contribution >= 4 is 5.91 Å². The number of aliphatic hydroxyl groups excluding tert-OH is 1. The summed E-state index contributed by atoms with van der Waals surface area (Å²) in [6.07, 6.45) is 2.35. The standard InChI is InChI=1S/C9H16N2O2/c1-6-4-11(7-2-3-7)8(5-12)9(13)10-6/h6-8,12H,2-5H2,1H3,(H,10,13). The van der Waals surface area contributed by atoms with Crippen molar-refractivity contribution in [2.24, 2.45) is 0 Å². The van der Waals surface area contributed by atoms with Crippen LogP contribution in [-0.4, -0.2) is 47.2 Å². The summed E-state index contributed by atoms with van der Waals surface area (Å²) in [7, 11) is 0. The maximum absolute atomic E-state index is 11.5. The number of piperazine rings is 1. The Morgan fingerprint density at radius 2 is 2.31 bits per heavy atom. The molecule has 0 aromatic rings. The van der Waals surface area contributed by atoms with Crippen molar-refractivity contribution < 1.29 is 9.90 Å². The van der Waals surface area contributed by atoms with Gasteiger partial charge in [-0.15, -0.1) is 0 Å². The minimum absolute atomic E-state index is 0.0202. The fourth-order valence-corrected chi connectivity index (χ4v) is 1.98. The smallest absolute Gasteiger partial charge is 0.240 e. The predicted octanol–water partition coefficient (Wildman–Crippen LogP) is -0.670. The van der Waals surface area contributed by atoms with Gasteiger partial charge in [0.05, 0.1) is 6.61 Å². The molecule has 4 heteroatoms. The zero-order valence-corrected chi connectivity index (χ0v) is 7.86. The Balaban J connectivity index is 2.06.